The largest absolute Gasteiger partial charge is 0.304 e. The molecule has 1 aliphatic carbocycles. The summed E-state index contributed by atoms with van der Waals surface area (Å²) in [6.07, 6.45) is 7.61. The molecule has 0 N–H and O–H groups in total. The van der Waals surface area contributed by atoms with Gasteiger partial charge in [-0.1, -0.05) is 51.9 Å². The summed E-state index contributed by atoms with van der Waals surface area (Å²) in [5.74, 6) is 0.808. The van der Waals surface area contributed by atoms with Gasteiger partial charge in [0.2, 0.25) is 5.91 Å². The summed E-state index contributed by atoms with van der Waals surface area (Å²) in [6, 6.07) is 9.54. The van der Waals surface area contributed by atoms with Crippen LogP contribution in [0.5, 0.6) is 0 Å². The Morgan fingerprint density at radius 3 is 3.08 bits per heavy atom. The van der Waals surface area contributed by atoms with Crippen molar-refractivity contribution in [2.75, 3.05) is 23.3 Å². The summed E-state index contributed by atoms with van der Waals surface area (Å²) >= 11 is 3.60. The Hall–Kier alpha value is -1.39. The van der Waals surface area contributed by atoms with Gasteiger partial charge < -0.3 is 4.90 Å². The van der Waals surface area contributed by atoms with Crippen molar-refractivity contribution in [3.63, 3.8) is 0 Å². The van der Waals surface area contributed by atoms with E-state index >= 15 is 0 Å². The van der Waals surface area contributed by atoms with Gasteiger partial charge in [0.1, 0.15) is 0 Å². The molecule has 3 nitrogen and oxygen atoms in total. The van der Waals surface area contributed by atoms with E-state index in [0.29, 0.717) is 18.4 Å². The van der Waals surface area contributed by atoms with Crippen LogP contribution in [0.15, 0.2) is 47.6 Å². The highest BCUT2D eigenvalue weighted by atomic mass is 79.9. The fourth-order valence-corrected chi connectivity index (χ4v) is 7.02. The molecule has 1 aromatic carbocycles. The molecule has 0 radical (unpaired) electrons. The molecule has 1 spiro atoms. The van der Waals surface area contributed by atoms with Crippen molar-refractivity contribution in [1.29, 1.82) is 0 Å². The second-order valence-electron chi connectivity index (χ2n) is 8.09. The number of piperidine rings is 1. The van der Waals surface area contributed by atoms with Crippen molar-refractivity contribution < 1.29 is 4.79 Å². The van der Waals surface area contributed by atoms with Crippen LogP contribution in [0, 0.1) is 5.92 Å². The Morgan fingerprint density at radius 2 is 2.20 bits per heavy atom. The minimum Gasteiger partial charge on any atom is -0.304 e. The zero-order valence-electron chi connectivity index (χ0n) is 14.1. The van der Waals surface area contributed by atoms with Gasteiger partial charge >= 0.3 is 0 Å². The van der Waals surface area contributed by atoms with Crippen LogP contribution >= 0.6 is 15.9 Å². The predicted molar refractivity (Wildman–Crippen MR) is 102 cm³/mol. The number of hydrogen-bond donors (Lipinski definition) is 0. The van der Waals surface area contributed by atoms with Crippen LogP contribution in [-0.4, -0.2) is 41.3 Å². The van der Waals surface area contributed by atoms with E-state index in [1.165, 1.54) is 29.7 Å². The number of rotatable bonds is 1. The Balaban J connectivity index is 1.64. The standard InChI is InChI=1S/C21H21BrN2O/c22-9-7-13-12-23-10-8-21-16-3-1-2-4-17(16)24-19(25)6-5-14(20(21)24)15(13)11-18(21)23/h1-5,7,15,18,20H,6,8-12H2/b13-7+. The number of benzene rings is 1. The van der Waals surface area contributed by atoms with E-state index in [2.05, 4.69) is 62.1 Å². The van der Waals surface area contributed by atoms with E-state index in [9.17, 15) is 4.79 Å². The number of alkyl halides is 1. The number of anilines is 1. The normalized spacial score (nSPS) is 39.5. The highest BCUT2D eigenvalue weighted by Gasteiger charge is 2.67. The first-order valence-corrected chi connectivity index (χ1v) is 10.5. The molecule has 4 atom stereocenters. The van der Waals surface area contributed by atoms with Gasteiger partial charge in [-0.15, -0.1) is 0 Å². The zero-order chi connectivity index (χ0) is 16.8. The molecule has 1 saturated carbocycles. The molecule has 4 unspecified atom stereocenters. The van der Waals surface area contributed by atoms with Crippen molar-refractivity contribution in [3.05, 3.63) is 53.1 Å². The highest BCUT2D eigenvalue weighted by molar-refractivity contribution is 9.09. The van der Waals surface area contributed by atoms with E-state index in [0.717, 1.165) is 18.4 Å². The number of hydrogen-bond acceptors (Lipinski definition) is 2. The second kappa shape index (κ2) is 4.86. The van der Waals surface area contributed by atoms with Crippen molar-refractivity contribution in [2.24, 2.45) is 5.92 Å². The first-order valence-electron chi connectivity index (χ1n) is 9.36. The van der Waals surface area contributed by atoms with Gasteiger partial charge in [-0.25, -0.2) is 0 Å². The van der Waals surface area contributed by atoms with E-state index < -0.39 is 0 Å². The number of amides is 1. The van der Waals surface area contributed by atoms with Crippen molar-refractivity contribution in [1.82, 2.24) is 4.90 Å². The summed E-state index contributed by atoms with van der Waals surface area (Å²) in [5, 5.41) is 0.920. The maximum absolute atomic E-state index is 12.9. The van der Waals surface area contributed by atoms with Crippen LogP contribution in [0.25, 0.3) is 0 Å². The molecular formula is C21H21BrN2O. The number of halogens is 1. The molecule has 3 fully saturated rings. The molecule has 1 amide bonds. The van der Waals surface area contributed by atoms with Crippen molar-refractivity contribution >= 4 is 27.5 Å². The Labute approximate surface area is 156 Å². The molecule has 128 valence electrons. The first-order chi connectivity index (χ1) is 12.3. The topological polar surface area (TPSA) is 23.6 Å². The van der Waals surface area contributed by atoms with Crippen LogP contribution in [0.3, 0.4) is 0 Å². The fourth-order valence-electron chi connectivity index (χ4n) is 6.60. The molecule has 6 rings (SSSR count). The third kappa shape index (κ3) is 1.59. The number of allylic oxidation sites excluding steroid dienone is 1. The number of para-hydroxylation sites is 1. The van der Waals surface area contributed by atoms with Crippen molar-refractivity contribution in [3.8, 4) is 0 Å². The Bertz CT molecular complexity index is 859. The summed E-state index contributed by atoms with van der Waals surface area (Å²) in [6.45, 7) is 2.25. The molecule has 2 bridgehead atoms. The highest BCUT2D eigenvalue weighted by Crippen LogP contribution is 2.63. The molecule has 1 aromatic rings. The third-order valence-electron chi connectivity index (χ3n) is 7.39. The Morgan fingerprint density at radius 1 is 1.32 bits per heavy atom. The van der Waals surface area contributed by atoms with Crippen LogP contribution in [-0.2, 0) is 10.2 Å². The predicted octanol–water partition coefficient (Wildman–Crippen LogP) is 3.40. The summed E-state index contributed by atoms with van der Waals surface area (Å²) in [4.78, 5) is 17.8. The third-order valence-corrected chi connectivity index (χ3v) is 7.71. The van der Waals surface area contributed by atoms with E-state index in [-0.39, 0.29) is 17.4 Å². The molecular weight excluding hydrogens is 376 g/mol. The lowest BCUT2D eigenvalue weighted by molar-refractivity contribution is -0.118. The van der Waals surface area contributed by atoms with E-state index in [4.69, 9.17) is 0 Å². The number of nitrogens with zero attached hydrogens (tertiary/aromatic N) is 2. The first kappa shape index (κ1) is 14.7. The average Bonchev–Trinajstić information content (AvgIpc) is 3.17. The van der Waals surface area contributed by atoms with Gasteiger partial charge in [0, 0.05) is 41.4 Å². The van der Waals surface area contributed by atoms with E-state index in [1.54, 1.807) is 5.57 Å². The number of carbonyl (C=O) groups is 1. The monoisotopic (exact) mass is 396 g/mol. The van der Waals surface area contributed by atoms with Crippen molar-refractivity contribution in [2.45, 2.75) is 36.8 Å². The van der Waals surface area contributed by atoms with E-state index in [1.807, 2.05) is 0 Å². The van der Waals surface area contributed by atoms with Gasteiger partial charge in [-0.05, 0) is 36.6 Å². The van der Waals surface area contributed by atoms with Gasteiger partial charge in [0.25, 0.3) is 0 Å². The summed E-state index contributed by atoms with van der Waals surface area (Å²) < 4.78 is 0. The maximum Gasteiger partial charge on any atom is 0.231 e. The molecule has 4 heteroatoms. The van der Waals surface area contributed by atoms with Gasteiger partial charge in [-0.2, -0.15) is 0 Å². The number of fused-ring (bicyclic) bond motifs is 4. The zero-order valence-corrected chi connectivity index (χ0v) is 15.7. The molecule has 5 aliphatic rings. The second-order valence-corrected chi connectivity index (χ2v) is 8.74. The SMILES string of the molecule is O=C1CC=C2C3CC4N(CCC45c4ccccc4N1C25)C/C3=C\CBr. The molecule has 25 heavy (non-hydrogen) atoms. The number of carbonyl (C=O) groups excluding carboxylic acids is 1. The fraction of sp³-hybridized carbons (Fsp3) is 0.476. The molecule has 4 heterocycles. The average molecular weight is 397 g/mol. The van der Waals surface area contributed by atoms with Crippen LogP contribution in [0.4, 0.5) is 5.69 Å². The minimum absolute atomic E-state index is 0.120. The minimum atomic E-state index is 0.120. The summed E-state index contributed by atoms with van der Waals surface area (Å²) in [7, 11) is 0. The van der Waals surface area contributed by atoms with Gasteiger partial charge in [0.05, 0.1) is 6.04 Å². The van der Waals surface area contributed by atoms with Gasteiger partial charge in [-0.3, -0.25) is 9.69 Å². The van der Waals surface area contributed by atoms with Crippen LogP contribution in [0.1, 0.15) is 24.8 Å². The molecule has 2 saturated heterocycles. The Kier molecular flexibility index (Phi) is 2.87. The smallest absolute Gasteiger partial charge is 0.231 e. The quantitative estimate of drug-likeness (QED) is 0.536. The molecule has 4 aliphatic heterocycles. The molecule has 0 aromatic heterocycles. The van der Waals surface area contributed by atoms with Gasteiger partial charge in [0.15, 0.2) is 0 Å². The maximum atomic E-state index is 12.9. The van der Waals surface area contributed by atoms with Crippen LogP contribution in [0.2, 0.25) is 0 Å². The lowest BCUT2D eigenvalue weighted by atomic mass is 9.57. The lowest BCUT2D eigenvalue weighted by Crippen LogP contribution is -2.62. The lowest BCUT2D eigenvalue weighted by Gasteiger charge is -2.54. The summed E-state index contributed by atoms with van der Waals surface area (Å²) in [5.41, 5.74) is 5.82. The van der Waals surface area contributed by atoms with Crippen LogP contribution < -0.4 is 4.90 Å².